The van der Waals surface area contributed by atoms with Gasteiger partial charge in [-0.15, -0.1) is 11.3 Å². The van der Waals surface area contributed by atoms with Crippen molar-refractivity contribution in [3.8, 4) is 16.8 Å². The number of ether oxygens (including phenoxy) is 1. The smallest absolute Gasteiger partial charge is 0.310 e. The Hall–Kier alpha value is -3.43. The van der Waals surface area contributed by atoms with Crippen LogP contribution in [0.1, 0.15) is 19.8 Å². The van der Waals surface area contributed by atoms with E-state index in [-0.39, 0.29) is 29.1 Å². The molecule has 0 unspecified atom stereocenters. The van der Waals surface area contributed by atoms with E-state index in [1.54, 1.807) is 16.4 Å². The topological polar surface area (TPSA) is 81.5 Å². The Bertz CT molecular complexity index is 1470. The lowest BCUT2D eigenvalue weighted by Crippen LogP contribution is -2.43. The zero-order chi connectivity index (χ0) is 25.8. The van der Waals surface area contributed by atoms with Crippen molar-refractivity contribution in [1.82, 2.24) is 14.5 Å². The van der Waals surface area contributed by atoms with Crippen LogP contribution in [0.15, 0.2) is 76.0 Å². The number of esters is 1. The van der Waals surface area contributed by atoms with Crippen LogP contribution in [0.4, 0.5) is 0 Å². The number of likely N-dealkylation sites (tertiary alicyclic amines) is 1. The second-order valence-electron chi connectivity index (χ2n) is 8.79. The SMILES string of the molecule is CCOC(=O)[C@H]1CCCN(C(=O)CSc2nc3scc(-c4ccccc4)c3c(=O)n2-c2ccccc2)C1. The van der Waals surface area contributed by atoms with Gasteiger partial charge in [0.25, 0.3) is 5.56 Å². The first-order valence-electron chi connectivity index (χ1n) is 12.3. The summed E-state index contributed by atoms with van der Waals surface area (Å²) in [5, 5.41) is 3.01. The summed E-state index contributed by atoms with van der Waals surface area (Å²) in [5.74, 6) is -0.493. The molecule has 0 saturated carbocycles. The van der Waals surface area contributed by atoms with Crippen LogP contribution in [0, 0.1) is 5.92 Å². The predicted molar refractivity (Wildman–Crippen MR) is 147 cm³/mol. The Morgan fingerprint density at radius 3 is 2.57 bits per heavy atom. The molecule has 37 heavy (non-hydrogen) atoms. The fourth-order valence-corrected chi connectivity index (χ4v) is 6.48. The zero-order valence-corrected chi connectivity index (χ0v) is 22.1. The molecule has 4 aromatic rings. The van der Waals surface area contributed by atoms with Gasteiger partial charge in [0.1, 0.15) is 4.83 Å². The first kappa shape index (κ1) is 25.2. The molecule has 7 nitrogen and oxygen atoms in total. The van der Waals surface area contributed by atoms with Gasteiger partial charge < -0.3 is 9.64 Å². The Morgan fingerprint density at radius 2 is 1.84 bits per heavy atom. The van der Waals surface area contributed by atoms with Crippen molar-refractivity contribution in [2.45, 2.75) is 24.9 Å². The summed E-state index contributed by atoms with van der Waals surface area (Å²) in [6.07, 6.45) is 1.49. The highest BCUT2D eigenvalue weighted by Crippen LogP contribution is 2.33. The minimum absolute atomic E-state index is 0.0795. The Kier molecular flexibility index (Phi) is 7.71. The molecule has 190 valence electrons. The molecular formula is C28H27N3O4S2. The van der Waals surface area contributed by atoms with Crippen molar-refractivity contribution >= 4 is 45.2 Å². The van der Waals surface area contributed by atoms with E-state index in [9.17, 15) is 14.4 Å². The maximum atomic E-state index is 13.9. The van der Waals surface area contributed by atoms with Gasteiger partial charge in [-0.3, -0.25) is 19.0 Å². The Morgan fingerprint density at radius 1 is 1.11 bits per heavy atom. The van der Waals surface area contributed by atoms with E-state index in [1.807, 2.05) is 66.0 Å². The van der Waals surface area contributed by atoms with Crippen LogP contribution >= 0.6 is 23.1 Å². The maximum Gasteiger partial charge on any atom is 0.310 e. The third kappa shape index (κ3) is 5.33. The first-order chi connectivity index (χ1) is 18.1. The molecule has 1 atom stereocenters. The van der Waals surface area contributed by atoms with Gasteiger partial charge in [-0.25, -0.2) is 4.98 Å². The Labute approximate surface area is 223 Å². The van der Waals surface area contributed by atoms with E-state index in [1.165, 1.54) is 23.1 Å². The first-order valence-corrected chi connectivity index (χ1v) is 14.2. The number of nitrogens with zero attached hydrogens (tertiary/aromatic N) is 3. The molecule has 1 fully saturated rings. The molecule has 0 aliphatic carbocycles. The summed E-state index contributed by atoms with van der Waals surface area (Å²) in [6, 6.07) is 19.2. The summed E-state index contributed by atoms with van der Waals surface area (Å²) in [5.41, 5.74) is 2.35. The number of hydrogen-bond donors (Lipinski definition) is 0. The van der Waals surface area contributed by atoms with Crippen LogP contribution in [0.2, 0.25) is 0 Å². The molecule has 0 radical (unpaired) electrons. The van der Waals surface area contributed by atoms with Gasteiger partial charge in [-0.2, -0.15) is 0 Å². The fraction of sp³-hybridized carbons (Fsp3) is 0.286. The van der Waals surface area contributed by atoms with Gasteiger partial charge in [-0.05, 0) is 37.5 Å². The Balaban J connectivity index is 1.46. The highest BCUT2D eigenvalue weighted by atomic mass is 32.2. The van der Waals surface area contributed by atoms with E-state index in [0.717, 1.165) is 24.0 Å². The van der Waals surface area contributed by atoms with Crippen molar-refractivity contribution in [2.24, 2.45) is 5.92 Å². The molecule has 9 heteroatoms. The molecule has 1 aliphatic rings. The molecule has 1 amide bonds. The molecule has 2 aromatic carbocycles. The average molecular weight is 534 g/mol. The second kappa shape index (κ2) is 11.3. The number of carbonyl (C=O) groups excluding carboxylic acids is 2. The fourth-order valence-electron chi connectivity index (χ4n) is 4.58. The summed E-state index contributed by atoms with van der Waals surface area (Å²) in [6.45, 7) is 3.09. The molecule has 0 spiro atoms. The number of aromatic nitrogens is 2. The normalized spacial score (nSPS) is 15.6. The number of rotatable bonds is 7. The van der Waals surface area contributed by atoms with Crippen LogP contribution in [-0.2, 0) is 14.3 Å². The lowest BCUT2D eigenvalue weighted by atomic mass is 9.98. The summed E-state index contributed by atoms with van der Waals surface area (Å²) in [4.78, 5) is 46.4. The van der Waals surface area contributed by atoms with Crippen LogP contribution in [0.5, 0.6) is 0 Å². The van der Waals surface area contributed by atoms with E-state index < -0.39 is 0 Å². The number of carbonyl (C=O) groups is 2. The largest absolute Gasteiger partial charge is 0.466 e. The van der Waals surface area contributed by atoms with Crippen molar-refractivity contribution in [3.63, 3.8) is 0 Å². The van der Waals surface area contributed by atoms with E-state index >= 15 is 0 Å². The molecule has 0 N–H and O–H groups in total. The maximum absolute atomic E-state index is 13.9. The van der Waals surface area contributed by atoms with Gasteiger partial charge in [-0.1, -0.05) is 60.3 Å². The van der Waals surface area contributed by atoms with Crippen LogP contribution in [0.3, 0.4) is 0 Å². The highest BCUT2D eigenvalue weighted by Gasteiger charge is 2.29. The molecular weight excluding hydrogens is 506 g/mol. The van der Waals surface area contributed by atoms with Gasteiger partial charge >= 0.3 is 5.97 Å². The van der Waals surface area contributed by atoms with Crippen molar-refractivity contribution < 1.29 is 14.3 Å². The van der Waals surface area contributed by atoms with Crippen LogP contribution in [0.25, 0.3) is 27.0 Å². The quantitative estimate of drug-likeness (QED) is 0.189. The monoisotopic (exact) mass is 533 g/mol. The predicted octanol–water partition coefficient (Wildman–Crippen LogP) is 5.01. The van der Waals surface area contributed by atoms with Gasteiger partial charge in [0, 0.05) is 24.0 Å². The minimum Gasteiger partial charge on any atom is -0.466 e. The zero-order valence-electron chi connectivity index (χ0n) is 20.5. The lowest BCUT2D eigenvalue weighted by molar-refractivity contribution is -0.151. The standard InChI is InChI=1S/C28H27N3O4S2/c1-2-35-27(34)20-12-9-15-30(16-20)23(32)18-37-28-29-25-24(22(17-36-25)19-10-5-3-6-11-19)26(33)31(28)21-13-7-4-8-14-21/h3-8,10-11,13-14,17,20H,2,9,12,15-16,18H2,1H3/t20-/m0/s1. The second-order valence-corrected chi connectivity index (χ2v) is 10.6. The number of benzene rings is 2. The summed E-state index contributed by atoms with van der Waals surface area (Å²) in [7, 11) is 0. The van der Waals surface area contributed by atoms with Crippen LogP contribution in [-0.4, -0.2) is 51.8 Å². The number of thiophene rings is 1. The third-order valence-corrected chi connectivity index (χ3v) is 8.19. The average Bonchev–Trinajstić information content (AvgIpc) is 3.37. The number of amides is 1. The summed E-state index contributed by atoms with van der Waals surface area (Å²) >= 11 is 2.68. The van der Waals surface area contributed by atoms with Crippen molar-refractivity contribution in [2.75, 3.05) is 25.4 Å². The number of fused-ring (bicyclic) bond motifs is 1. The van der Waals surface area contributed by atoms with Crippen molar-refractivity contribution in [1.29, 1.82) is 0 Å². The van der Waals surface area contributed by atoms with Gasteiger partial charge in [0.05, 0.1) is 29.4 Å². The number of hydrogen-bond acceptors (Lipinski definition) is 7. The highest BCUT2D eigenvalue weighted by molar-refractivity contribution is 7.99. The summed E-state index contributed by atoms with van der Waals surface area (Å²) < 4.78 is 6.76. The molecule has 5 rings (SSSR count). The number of para-hydroxylation sites is 1. The molecule has 2 aromatic heterocycles. The third-order valence-electron chi connectivity index (χ3n) is 6.39. The number of thioether (sulfide) groups is 1. The van der Waals surface area contributed by atoms with E-state index in [2.05, 4.69) is 0 Å². The van der Waals surface area contributed by atoms with Gasteiger partial charge in [0.15, 0.2) is 5.16 Å². The van der Waals surface area contributed by atoms with Gasteiger partial charge in [0.2, 0.25) is 5.91 Å². The molecule has 3 heterocycles. The van der Waals surface area contributed by atoms with E-state index in [0.29, 0.717) is 40.8 Å². The van der Waals surface area contributed by atoms with Crippen molar-refractivity contribution in [3.05, 3.63) is 76.4 Å². The lowest BCUT2D eigenvalue weighted by Gasteiger charge is -2.31. The van der Waals surface area contributed by atoms with E-state index in [4.69, 9.17) is 9.72 Å². The molecule has 1 aliphatic heterocycles. The number of piperidine rings is 1. The minimum atomic E-state index is -0.290. The molecule has 1 saturated heterocycles. The van der Waals surface area contributed by atoms with Crippen LogP contribution < -0.4 is 5.56 Å². The molecule has 0 bridgehead atoms.